The van der Waals surface area contributed by atoms with Crippen LogP contribution in [0.5, 0.6) is 0 Å². The van der Waals surface area contributed by atoms with E-state index in [2.05, 4.69) is 35.5 Å². The standard InChI is InChI=1S/C23H20ClN7O.C15H9ClN4O2.C8H13N3.CH4/c1-13-5-22(26)29-14(2)18(13)10-28-23(32)19-12-31(30-21(19)8-25)11-15-3-4-20-16(6-15)7-17(24)9-27-20;16-11-4-10-3-9(1-2-13(10)18-6-11)7-20-8-12(15(21)22)14(5-17)19-20;1-5-3-8(10)11-6(2)7(5)4-9;/h3-7,9,12H,10-11H2,1-2H3,(H2,26,29)(H,28,32);1-4,6,8H,7H2,(H,21,22);3H,4,9H2,1-2H3,(H2,10,11);1H4. The van der Waals surface area contributed by atoms with Gasteiger partial charge in [-0.3, -0.25) is 24.1 Å². The molecule has 336 valence electrons. The van der Waals surface area contributed by atoms with E-state index >= 15 is 0 Å². The lowest BCUT2D eigenvalue weighted by atomic mass is 10.1. The number of carbonyl (C=O) groups is 2. The minimum atomic E-state index is -1.17. The number of anilines is 2. The molecule has 0 radical (unpaired) electrons. The summed E-state index contributed by atoms with van der Waals surface area (Å²) >= 11 is 12.0. The van der Waals surface area contributed by atoms with Gasteiger partial charge < -0.3 is 27.6 Å². The molecule has 0 aliphatic carbocycles. The van der Waals surface area contributed by atoms with Crippen LogP contribution in [0, 0.1) is 50.4 Å². The van der Waals surface area contributed by atoms with Crippen molar-refractivity contribution in [1.29, 1.82) is 10.5 Å². The van der Waals surface area contributed by atoms with Crippen molar-refractivity contribution in [3.8, 4) is 12.1 Å². The van der Waals surface area contributed by atoms with Crippen molar-refractivity contribution in [1.82, 2.24) is 44.8 Å². The summed E-state index contributed by atoms with van der Waals surface area (Å²) in [5, 5.41) is 41.4. The van der Waals surface area contributed by atoms with E-state index in [1.807, 2.05) is 82.3 Å². The monoisotopic (exact) mass is 924 g/mol. The average Bonchev–Trinajstić information content (AvgIpc) is 3.87. The number of hydrogen-bond acceptors (Lipinski definition) is 13. The Morgan fingerprint density at radius 2 is 1.17 bits per heavy atom. The summed E-state index contributed by atoms with van der Waals surface area (Å²) in [4.78, 5) is 40.7. The Bertz CT molecular complexity index is 3140. The number of amides is 1. The molecule has 19 heteroatoms. The van der Waals surface area contributed by atoms with Crippen molar-refractivity contribution in [3.63, 3.8) is 0 Å². The first-order chi connectivity index (χ1) is 31.0. The zero-order valence-corrected chi connectivity index (χ0v) is 37.1. The zero-order valence-electron chi connectivity index (χ0n) is 35.6. The molecule has 0 saturated carbocycles. The predicted octanol–water partition coefficient (Wildman–Crippen LogP) is 7.61. The van der Waals surface area contributed by atoms with E-state index in [0.29, 0.717) is 41.3 Å². The fourth-order valence-corrected chi connectivity index (χ4v) is 7.32. The summed E-state index contributed by atoms with van der Waals surface area (Å²) in [6.45, 7) is 9.23. The number of benzene rings is 2. The number of aryl methyl sites for hydroxylation is 4. The lowest BCUT2D eigenvalue weighted by Gasteiger charge is -2.11. The number of halogens is 2. The molecule has 0 spiro atoms. The molecule has 8 aromatic rings. The number of nitriles is 2. The van der Waals surface area contributed by atoms with Crippen LogP contribution in [0.3, 0.4) is 0 Å². The van der Waals surface area contributed by atoms with E-state index in [4.69, 9.17) is 50.8 Å². The Labute approximate surface area is 390 Å². The number of fused-ring (bicyclic) bond motifs is 2. The second-order valence-electron chi connectivity index (χ2n) is 14.8. The summed E-state index contributed by atoms with van der Waals surface area (Å²) in [5.41, 5.74) is 26.1. The molecule has 6 heterocycles. The molecular weight excluding hydrogens is 880 g/mol. The molecule has 8 rings (SSSR count). The smallest absolute Gasteiger partial charge is 0.340 e. The van der Waals surface area contributed by atoms with Gasteiger partial charge in [0.2, 0.25) is 0 Å². The number of nitrogen functional groups attached to an aromatic ring is 2. The number of nitrogens with zero attached hydrogens (tertiary/aromatic N) is 10. The molecule has 0 saturated heterocycles. The van der Waals surface area contributed by atoms with E-state index < -0.39 is 5.97 Å². The number of carboxylic acids is 1. The van der Waals surface area contributed by atoms with Crippen molar-refractivity contribution in [2.45, 2.75) is 61.3 Å². The van der Waals surface area contributed by atoms with Gasteiger partial charge in [0.05, 0.1) is 39.7 Å². The minimum absolute atomic E-state index is 0. The predicted molar refractivity (Wildman–Crippen MR) is 255 cm³/mol. The van der Waals surface area contributed by atoms with Crippen LogP contribution < -0.4 is 22.5 Å². The van der Waals surface area contributed by atoms with E-state index in [1.54, 1.807) is 41.5 Å². The van der Waals surface area contributed by atoms with Crippen LogP contribution in [-0.2, 0) is 26.2 Å². The van der Waals surface area contributed by atoms with Gasteiger partial charge in [0, 0.05) is 60.0 Å². The molecule has 0 fully saturated rings. The molecule has 8 N–H and O–H groups in total. The number of nitrogens with two attached hydrogens (primary N) is 3. The number of nitrogens with one attached hydrogen (secondary N) is 1. The van der Waals surface area contributed by atoms with E-state index in [0.717, 1.165) is 66.6 Å². The van der Waals surface area contributed by atoms with E-state index in [9.17, 15) is 14.9 Å². The molecular formula is C47H46Cl2N14O3. The fourth-order valence-electron chi connectivity index (χ4n) is 6.99. The molecule has 0 aliphatic heterocycles. The highest BCUT2D eigenvalue weighted by atomic mass is 35.5. The Hall–Kier alpha value is -7.96. The third-order valence-electron chi connectivity index (χ3n) is 10.1. The second-order valence-corrected chi connectivity index (χ2v) is 15.7. The quantitative estimate of drug-likeness (QED) is 0.0932. The Morgan fingerprint density at radius 1 is 0.712 bits per heavy atom. The van der Waals surface area contributed by atoms with Gasteiger partial charge in [-0.25, -0.2) is 14.8 Å². The summed E-state index contributed by atoms with van der Waals surface area (Å²) in [6.07, 6.45) is 6.11. The Morgan fingerprint density at radius 3 is 1.59 bits per heavy atom. The molecule has 0 aliphatic rings. The van der Waals surface area contributed by atoms with Crippen LogP contribution in [0.15, 0.2) is 85.5 Å². The number of pyridine rings is 4. The van der Waals surface area contributed by atoms with E-state index in [-0.39, 0.29) is 42.4 Å². The molecule has 2 aromatic carbocycles. The first kappa shape index (κ1) is 49.1. The van der Waals surface area contributed by atoms with Gasteiger partial charge in [0.25, 0.3) is 5.91 Å². The lowest BCUT2D eigenvalue weighted by molar-refractivity contribution is 0.0696. The molecule has 1 amide bonds. The van der Waals surface area contributed by atoms with Crippen LogP contribution >= 0.6 is 23.2 Å². The highest BCUT2D eigenvalue weighted by Crippen LogP contribution is 2.22. The first-order valence-corrected chi connectivity index (χ1v) is 20.5. The normalized spacial score (nSPS) is 10.4. The average molecular weight is 926 g/mol. The number of hydrogen-bond donors (Lipinski definition) is 5. The number of carbonyl (C=O) groups excluding carboxylic acids is 1. The summed E-state index contributed by atoms with van der Waals surface area (Å²) in [7, 11) is 0. The van der Waals surface area contributed by atoms with Crippen LogP contribution in [0.1, 0.15) is 84.3 Å². The summed E-state index contributed by atoms with van der Waals surface area (Å²) in [5.74, 6) is -0.540. The van der Waals surface area contributed by atoms with Gasteiger partial charge in [0.15, 0.2) is 11.4 Å². The van der Waals surface area contributed by atoms with Gasteiger partial charge in [0.1, 0.15) is 29.3 Å². The highest BCUT2D eigenvalue weighted by molar-refractivity contribution is 6.31. The maximum absolute atomic E-state index is 12.8. The number of aromatic carboxylic acids is 1. The third-order valence-corrected chi connectivity index (χ3v) is 10.5. The second kappa shape index (κ2) is 21.6. The summed E-state index contributed by atoms with van der Waals surface area (Å²) < 4.78 is 3.01. The zero-order chi connectivity index (χ0) is 46.9. The molecule has 0 unspecified atom stereocenters. The van der Waals surface area contributed by atoms with Gasteiger partial charge in [-0.05, 0) is 110 Å². The van der Waals surface area contributed by atoms with E-state index in [1.165, 1.54) is 10.9 Å². The third kappa shape index (κ3) is 12.0. The van der Waals surface area contributed by atoms with Crippen molar-refractivity contribution < 1.29 is 14.7 Å². The lowest BCUT2D eigenvalue weighted by Crippen LogP contribution is -2.24. The number of carboxylic acid groups (broad SMARTS) is 1. The van der Waals surface area contributed by atoms with Gasteiger partial charge in [-0.2, -0.15) is 20.7 Å². The van der Waals surface area contributed by atoms with Crippen molar-refractivity contribution in [2.75, 3.05) is 11.5 Å². The van der Waals surface area contributed by atoms with Gasteiger partial charge in [-0.1, -0.05) is 42.8 Å². The van der Waals surface area contributed by atoms with Crippen LogP contribution in [0.25, 0.3) is 21.8 Å². The van der Waals surface area contributed by atoms with Crippen molar-refractivity contribution in [3.05, 3.63) is 163 Å². The summed E-state index contributed by atoms with van der Waals surface area (Å²) in [6, 6.07) is 22.4. The molecule has 0 bridgehead atoms. The number of rotatable bonds is 9. The highest BCUT2D eigenvalue weighted by Gasteiger charge is 2.18. The first-order valence-electron chi connectivity index (χ1n) is 19.8. The van der Waals surface area contributed by atoms with Gasteiger partial charge in [-0.15, -0.1) is 0 Å². The maximum Gasteiger partial charge on any atom is 0.340 e. The Kier molecular flexibility index (Phi) is 16.1. The number of aromatic nitrogens is 8. The molecule has 17 nitrogen and oxygen atoms in total. The van der Waals surface area contributed by atoms with Crippen LogP contribution in [0.4, 0.5) is 11.6 Å². The molecule has 6 aromatic heterocycles. The Balaban J connectivity index is 0.000000207. The SMILES string of the molecule is C.Cc1cc(N)nc(C)c1CN.Cc1cc(N)nc(C)c1CNC(=O)c1cn(Cc2ccc3ncc(Cl)cc3c2)nc1C#N.N#Cc1nn(Cc2ccc3ncc(Cl)cc3c2)cc1C(=O)O. The maximum atomic E-state index is 12.8. The minimum Gasteiger partial charge on any atom is -0.478 e. The van der Waals surface area contributed by atoms with Crippen LogP contribution in [-0.4, -0.2) is 56.5 Å². The van der Waals surface area contributed by atoms with Crippen LogP contribution in [0.2, 0.25) is 10.0 Å². The van der Waals surface area contributed by atoms with Crippen molar-refractivity contribution >= 4 is 68.5 Å². The molecule has 66 heavy (non-hydrogen) atoms. The largest absolute Gasteiger partial charge is 0.478 e. The van der Waals surface area contributed by atoms with Gasteiger partial charge >= 0.3 is 5.97 Å². The topological polar surface area (TPSA) is 279 Å². The molecule has 0 atom stereocenters. The van der Waals surface area contributed by atoms with Crippen molar-refractivity contribution in [2.24, 2.45) is 5.73 Å². The fraction of sp³-hybridized carbons (Fsp3) is 0.191.